The lowest BCUT2D eigenvalue weighted by Gasteiger charge is -2.17. The number of thiophene rings is 1. The van der Waals surface area contributed by atoms with Gasteiger partial charge in [-0.25, -0.2) is 4.79 Å². The lowest BCUT2D eigenvalue weighted by atomic mass is 10.1. The van der Waals surface area contributed by atoms with E-state index in [1.807, 2.05) is 36.6 Å². The SMILES string of the molecule is CC[C@@H](/C=C/C(=O)N1Cc2ccccc2C1)NC(=O)[C@@H](N)Cc1cccs1.O=C(O)C(F)(F)F. The Bertz CT molecular complexity index is 984. The molecule has 3 rings (SSSR count). The summed E-state index contributed by atoms with van der Waals surface area (Å²) in [6.07, 6.45) is -0.539. The number of carboxylic acids is 1. The van der Waals surface area contributed by atoms with Crippen molar-refractivity contribution in [3.8, 4) is 0 Å². The van der Waals surface area contributed by atoms with Gasteiger partial charge in [0, 0.05) is 36.5 Å². The summed E-state index contributed by atoms with van der Waals surface area (Å²) in [6.45, 7) is 3.23. The summed E-state index contributed by atoms with van der Waals surface area (Å²) in [5, 5.41) is 12.0. The number of halogens is 3. The standard InChI is InChI=1S/C21H25N3O2S.C2HF3O2/c1-2-17(23-21(26)19(22)12-18-8-5-11-27-18)9-10-20(25)24-13-15-6-3-4-7-16(15)14-24;3-2(4,5)1(6)7/h3-11,17,19H,2,12-14,22H2,1H3,(H,23,26);(H,6,7)/b10-9+;/t17-,19-;/m0./s1. The van der Waals surface area contributed by atoms with Crippen molar-refractivity contribution >= 4 is 29.1 Å². The van der Waals surface area contributed by atoms with Crippen molar-refractivity contribution in [1.82, 2.24) is 10.2 Å². The van der Waals surface area contributed by atoms with Crippen LogP contribution in [0.15, 0.2) is 53.9 Å². The van der Waals surface area contributed by atoms with Crippen LogP contribution in [-0.4, -0.2) is 46.1 Å². The number of nitrogens with two attached hydrogens (primary N) is 1. The molecule has 0 bridgehead atoms. The third-order valence-electron chi connectivity index (χ3n) is 4.97. The molecule has 0 saturated heterocycles. The third-order valence-corrected chi connectivity index (χ3v) is 5.87. The molecule has 0 saturated carbocycles. The summed E-state index contributed by atoms with van der Waals surface area (Å²) in [7, 11) is 0. The number of fused-ring (bicyclic) bond motifs is 1. The number of amides is 2. The first-order valence-corrected chi connectivity index (χ1v) is 11.3. The van der Waals surface area contributed by atoms with Gasteiger partial charge in [0.1, 0.15) is 0 Å². The van der Waals surface area contributed by atoms with E-state index in [0.717, 1.165) is 4.88 Å². The lowest BCUT2D eigenvalue weighted by Crippen LogP contribution is -2.45. The molecule has 7 nitrogen and oxygen atoms in total. The number of hydrogen-bond donors (Lipinski definition) is 3. The number of hydrogen-bond acceptors (Lipinski definition) is 5. The number of carbonyl (C=O) groups excluding carboxylic acids is 2. The fourth-order valence-corrected chi connectivity index (χ4v) is 3.87. The summed E-state index contributed by atoms with van der Waals surface area (Å²) in [5.41, 5.74) is 8.40. The van der Waals surface area contributed by atoms with Gasteiger partial charge in [-0.3, -0.25) is 9.59 Å². The number of carboxylic acid groups (broad SMARTS) is 1. The summed E-state index contributed by atoms with van der Waals surface area (Å²) in [4.78, 5) is 36.6. The Kier molecular flexibility index (Phi) is 9.82. The van der Waals surface area contributed by atoms with Gasteiger partial charge in [-0.15, -0.1) is 11.3 Å². The minimum absolute atomic E-state index is 0.0400. The Hall–Kier alpha value is -3.18. The Labute approximate surface area is 199 Å². The van der Waals surface area contributed by atoms with Gasteiger partial charge in [-0.2, -0.15) is 13.2 Å². The van der Waals surface area contributed by atoms with Crippen molar-refractivity contribution in [3.05, 3.63) is 69.9 Å². The van der Waals surface area contributed by atoms with Crippen molar-refractivity contribution in [1.29, 1.82) is 0 Å². The molecule has 0 unspecified atom stereocenters. The van der Waals surface area contributed by atoms with E-state index in [2.05, 4.69) is 17.4 Å². The van der Waals surface area contributed by atoms with E-state index in [4.69, 9.17) is 15.6 Å². The van der Waals surface area contributed by atoms with Crippen molar-refractivity contribution in [2.75, 3.05) is 0 Å². The van der Waals surface area contributed by atoms with Crippen molar-refractivity contribution in [3.63, 3.8) is 0 Å². The zero-order chi connectivity index (χ0) is 25.3. The molecule has 1 aromatic carbocycles. The molecule has 0 radical (unpaired) electrons. The highest BCUT2D eigenvalue weighted by molar-refractivity contribution is 7.09. The van der Waals surface area contributed by atoms with Crippen LogP contribution in [0.4, 0.5) is 13.2 Å². The van der Waals surface area contributed by atoms with E-state index >= 15 is 0 Å². The molecule has 1 aliphatic rings. The highest BCUT2D eigenvalue weighted by Gasteiger charge is 2.38. The molecule has 0 spiro atoms. The second-order valence-electron chi connectivity index (χ2n) is 7.54. The average Bonchev–Trinajstić information content (AvgIpc) is 3.45. The minimum Gasteiger partial charge on any atom is -0.475 e. The van der Waals surface area contributed by atoms with Crippen LogP contribution in [0.25, 0.3) is 0 Å². The van der Waals surface area contributed by atoms with Crippen LogP contribution in [0, 0.1) is 0 Å². The third kappa shape index (κ3) is 8.31. The van der Waals surface area contributed by atoms with Gasteiger partial charge in [0.2, 0.25) is 11.8 Å². The van der Waals surface area contributed by atoms with E-state index in [1.165, 1.54) is 11.1 Å². The molecule has 184 valence electrons. The number of aliphatic carboxylic acids is 1. The van der Waals surface area contributed by atoms with E-state index in [-0.39, 0.29) is 17.9 Å². The highest BCUT2D eigenvalue weighted by Crippen LogP contribution is 2.22. The first-order valence-electron chi connectivity index (χ1n) is 10.4. The lowest BCUT2D eigenvalue weighted by molar-refractivity contribution is -0.192. The van der Waals surface area contributed by atoms with Gasteiger partial charge < -0.3 is 21.1 Å². The number of benzene rings is 1. The quantitative estimate of drug-likeness (QED) is 0.509. The average molecular weight is 498 g/mol. The monoisotopic (exact) mass is 497 g/mol. The van der Waals surface area contributed by atoms with Gasteiger partial charge >= 0.3 is 12.1 Å². The molecule has 2 atom stereocenters. The number of nitrogens with zero attached hydrogens (tertiary/aromatic N) is 1. The second-order valence-corrected chi connectivity index (χ2v) is 8.57. The molecule has 2 amide bonds. The van der Waals surface area contributed by atoms with Gasteiger partial charge in [-0.05, 0) is 29.0 Å². The van der Waals surface area contributed by atoms with Gasteiger partial charge in [0.15, 0.2) is 0 Å². The molecular formula is C23H26F3N3O4S. The highest BCUT2D eigenvalue weighted by atomic mass is 32.1. The topological polar surface area (TPSA) is 113 Å². The number of alkyl halides is 3. The fourth-order valence-electron chi connectivity index (χ4n) is 3.11. The fraction of sp³-hybridized carbons (Fsp3) is 0.348. The van der Waals surface area contributed by atoms with E-state index < -0.39 is 18.2 Å². The number of rotatable bonds is 7. The first kappa shape index (κ1) is 27.1. The maximum absolute atomic E-state index is 12.5. The summed E-state index contributed by atoms with van der Waals surface area (Å²) in [5.74, 6) is -2.99. The normalized spacial score (nSPS) is 14.7. The van der Waals surface area contributed by atoms with Crippen LogP contribution in [0.2, 0.25) is 0 Å². The van der Waals surface area contributed by atoms with Gasteiger partial charge in [0.05, 0.1) is 6.04 Å². The zero-order valence-corrected chi connectivity index (χ0v) is 19.2. The molecule has 2 heterocycles. The van der Waals surface area contributed by atoms with Crippen molar-refractivity contribution in [2.24, 2.45) is 5.73 Å². The van der Waals surface area contributed by atoms with Crippen molar-refractivity contribution in [2.45, 2.75) is 51.1 Å². The predicted molar refractivity (Wildman–Crippen MR) is 122 cm³/mol. The largest absolute Gasteiger partial charge is 0.490 e. The number of carbonyl (C=O) groups is 3. The van der Waals surface area contributed by atoms with Crippen molar-refractivity contribution < 1.29 is 32.7 Å². The number of nitrogens with one attached hydrogen (secondary N) is 1. The Morgan fingerprint density at radius 1 is 1.18 bits per heavy atom. The molecule has 0 aliphatic carbocycles. The van der Waals surface area contributed by atoms with Crippen LogP contribution >= 0.6 is 11.3 Å². The molecule has 11 heteroatoms. The maximum atomic E-state index is 12.5. The summed E-state index contributed by atoms with van der Waals surface area (Å²) >= 11 is 1.59. The molecule has 34 heavy (non-hydrogen) atoms. The Balaban J connectivity index is 0.000000509. The van der Waals surface area contributed by atoms with E-state index in [1.54, 1.807) is 28.4 Å². The van der Waals surface area contributed by atoms with Crippen LogP contribution < -0.4 is 11.1 Å². The van der Waals surface area contributed by atoms with Gasteiger partial charge in [-0.1, -0.05) is 43.3 Å². The molecule has 0 fully saturated rings. The molecular weight excluding hydrogens is 471 g/mol. The van der Waals surface area contributed by atoms with E-state index in [0.29, 0.717) is 25.9 Å². The molecule has 2 aromatic rings. The molecule has 1 aromatic heterocycles. The van der Waals surface area contributed by atoms with Gasteiger partial charge in [0.25, 0.3) is 0 Å². The van der Waals surface area contributed by atoms with E-state index in [9.17, 15) is 22.8 Å². The van der Waals surface area contributed by atoms with Crippen LogP contribution in [-0.2, 0) is 33.9 Å². The molecule has 4 N–H and O–H groups in total. The summed E-state index contributed by atoms with van der Waals surface area (Å²) < 4.78 is 31.7. The molecule has 1 aliphatic heterocycles. The Morgan fingerprint density at radius 2 is 1.76 bits per heavy atom. The van der Waals surface area contributed by atoms with Crippen LogP contribution in [0.3, 0.4) is 0 Å². The second kappa shape index (κ2) is 12.3. The van der Waals surface area contributed by atoms with Crippen LogP contribution in [0.1, 0.15) is 29.3 Å². The van der Waals surface area contributed by atoms with Crippen LogP contribution in [0.5, 0.6) is 0 Å². The Morgan fingerprint density at radius 3 is 2.24 bits per heavy atom. The summed E-state index contributed by atoms with van der Waals surface area (Å²) in [6, 6.07) is 11.2. The minimum atomic E-state index is -5.08. The zero-order valence-electron chi connectivity index (χ0n) is 18.4. The predicted octanol–water partition coefficient (Wildman–Crippen LogP) is 3.24. The smallest absolute Gasteiger partial charge is 0.475 e. The first-order chi connectivity index (χ1) is 16.0. The maximum Gasteiger partial charge on any atom is 0.490 e.